The van der Waals surface area contributed by atoms with E-state index >= 15 is 0 Å². The molecule has 3 rings (SSSR count). The molecule has 0 radical (unpaired) electrons. The molecule has 7 heteroatoms. The Morgan fingerprint density at radius 3 is 2.77 bits per heavy atom. The van der Waals surface area contributed by atoms with Crippen LogP contribution < -0.4 is 10.3 Å². The second-order valence-electron chi connectivity index (χ2n) is 4.50. The first kappa shape index (κ1) is 14.3. The van der Waals surface area contributed by atoms with E-state index in [0.717, 1.165) is 21.8 Å². The van der Waals surface area contributed by atoms with Crippen LogP contribution in [0.5, 0.6) is 5.75 Å². The number of pyridine rings is 1. The normalized spacial score (nSPS) is 11.0. The summed E-state index contributed by atoms with van der Waals surface area (Å²) < 4.78 is 6.14. The van der Waals surface area contributed by atoms with Crippen molar-refractivity contribution in [3.05, 3.63) is 55.8 Å². The first-order valence-electron chi connectivity index (χ1n) is 6.52. The van der Waals surface area contributed by atoms with Crippen molar-refractivity contribution in [2.45, 2.75) is 6.92 Å². The number of hydrogen-bond donors (Lipinski definition) is 1. The number of aromatic nitrogens is 1. The van der Waals surface area contributed by atoms with Crippen LogP contribution in [0.15, 0.2) is 39.9 Å². The zero-order valence-electron chi connectivity index (χ0n) is 11.5. The van der Waals surface area contributed by atoms with Crippen molar-refractivity contribution in [2.24, 2.45) is 0 Å². The van der Waals surface area contributed by atoms with Crippen molar-refractivity contribution in [3.63, 3.8) is 0 Å². The summed E-state index contributed by atoms with van der Waals surface area (Å²) in [4.78, 5) is 36.6. The fourth-order valence-electron chi connectivity index (χ4n) is 2.31. The van der Waals surface area contributed by atoms with Gasteiger partial charge in [-0.05, 0) is 19.1 Å². The number of aromatic hydroxyl groups is 1. The fourth-order valence-corrected chi connectivity index (χ4v) is 3.21. The van der Waals surface area contributed by atoms with Gasteiger partial charge in [-0.25, -0.2) is 4.79 Å². The number of rotatable bonds is 2. The predicted molar refractivity (Wildman–Crippen MR) is 82.9 cm³/mol. The van der Waals surface area contributed by atoms with Crippen molar-refractivity contribution in [2.75, 3.05) is 6.61 Å². The van der Waals surface area contributed by atoms with E-state index in [1.54, 1.807) is 31.2 Å². The summed E-state index contributed by atoms with van der Waals surface area (Å²) in [5.41, 5.74) is -0.528. The summed E-state index contributed by atoms with van der Waals surface area (Å²) in [6.45, 7) is 1.71. The molecule has 6 nitrogen and oxygen atoms in total. The van der Waals surface area contributed by atoms with Gasteiger partial charge in [-0.3, -0.25) is 14.0 Å². The number of carbonyl (C=O) groups is 1. The van der Waals surface area contributed by atoms with Crippen molar-refractivity contribution in [3.8, 4) is 5.75 Å². The molecule has 0 aliphatic rings. The first-order valence-corrected chi connectivity index (χ1v) is 7.34. The molecule has 0 aliphatic carbocycles. The van der Waals surface area contributed by atoms with E-state index < -0.39 is 22.0 Å². The van der Waals surface area contributed by atoms with Gasteiger partial charge >= 0.3 is 5.97 Å². The van der Waals surface area contributed by atoms with Crippen molar-refractivity contribution < 1.29 is 14.6 Å². The third-order valence-corrected chi connectivity index (χ3v) is 4.12. The van der Waals surface area contributed by atoms with Crippen molar-refractivity contribution >= 4 is 33.0 Å². The monoisotopic (exact) mass is 317 g/mol. The number of nitrogens with zero attached hydrogens (tertiary/aromatic N) is 1. The number of para-hydroxylation sites is 1. The highest BCUT2D eigenvalue weighted by Gasteiger charge is 2.22. The molecular formula is C15H11NO5S. The quantitative estimate of drug-likeness (QED) is 0.575. The second kappa shape index (κ2) is 5.27. The smallest absolute Gasteiger partial charge is 0.344 e. The molecular weight excluding hydrogens is 306 g/mol. The van der Waals surface area contributed by atoms with Crippen LogP contribution in [0.3, 0.4) is 0 Å². The van der Waals surface area contributed by atoms with E-state index in [1.807, 2.05) is 0 Å². The van der Waals surface area contributed by atoms with Crippen LogP contribution in [0.1, 0.15) is 17.3 Å². The lowest BCUT2D eigenvalue weighted by Crippen LogP contribution is -2.22. The van der Waals surface area contributed by atoms with Gasteiger partial charge in [0, 0.05) is 6.07 Å². The molecule has 0 bridgehead atoms. The molecule has 0 spiro atoms. The van der Waals surface area contributed by atoms with Crippen LogP contribution in [0, 0.1) is 0 Å². The van der Waals surface area contributed by atoms with Crippen LogP contribution in [-0.2, 0) is 4.74 Å². The molecule has 1 N–H and O–H groups in total. The third kappa shape index (κ3) is 2.06. The lowest BCUT2D eigenvalue weighted by Gasteiger charge is -2.10. The van der Waals surface area contributed by atoms with Crippen LogP contribution in [0.2, 0.25) is 0 Å². The Morgan fingerprint density at radius 1 is 1.32 bits per heavy atom. The maximum atomic E-state index is 12.4. The Labute approximate surface area is 127 Å². The minimum atomic E-state index is -0.836. The van der Waals surface area contributed by atoms with E-state index in [1.165, 1.54) is 0 Å². The van der Waals surface area contributed by atoms with Gasteiger partial charge in [0.05, 0.1) is 16.8 Å². The molecule has 112 valence electrons. The molecule has 0 saturated carbocycles. The Morgan fingerprint density at radius 2 is 2.05 bits per heavy atom. The number of esters is 1. The molecule has 0 saturated heterocycles. The van der Waals surface area contributed by atoms with Crippen LogP contribution >= 0.6 is 11.3 Å². The Balaban J connectivity index is 2.59. The molecule has 0 fully saturated rings. The summed E-state index contributed by atoms with van der Waals surface area (Å²) in [6, 6.07) is 7.77. The molecule has 0 amide bonds. The number of hydrogen-bond acceptors (Lipinski definition) is 6. The lowest BCUT2D eigenvalue weighted by atomic mass is 10.2. The van der Waals surface area contributed by atoms with Crippen LogP contribution in [0.25, 0.3) is 15.7 Å². The average Bonchev–Trinajstić information content (AvgIpc) is 2.47. The predicted octanol–water partition coefficient (Wildman–Crippen LogP) is 1.76. The standard InChI is InChI=1S/C15H11NO5S/c1-2-21-14(19)12-9(17)7-11(18)16-8-5-3-4-6-10(8)22-15(20)13(12)16/h3-7,17H,2H2,1H3. The van der Waals surface area contributed by atoms with Gasteiger partial charge in [-0.15, -0.1) is 0 Å². The zero-order chi connectivity index (χ0) is 15.9. The topological polar surface area (TPSA) is 85.1 Å². The van der Waals surface area contributed by atoms with Gasteiger partial charge in [0.25, 0.3) is 10.3 Å². The van der Waals surface area contributed by atoms with Crippen molar-refractivity contribution in [1.82, 2.24) is 4.40 Å². The van der Waals surface area contributed by atoms with Crippen LogP contribution in [-0.4, -0.2) is 22.1 Å². The maximum absolute atomic E-state index is 12.4. The van der Waals surface area contributed by atoms with Gasteiger partial charge in [-0.1, -0.05) is 23.5 Å². The summed E-state index contributed by atoms with van der Waals surface area (Å²) in [5, 5.41) is 9.93. The van der Waals surface area contributed by atoms with E-state index in [4.69, 9.17) is 4.74 Å². The Bertz CT molecular complexity index is 1020. The SMILES string of the molecule is CCOC(=O)c1c(O)cc(=O)n2c1c(=O)sc1ccccc12. The number of carbonyl (C=O) groups excluding carboxylic acids is 1. The maximum Gasteiger partial charge on any atom is 0.344 e. The van der Waals surface area contributed by atoms with Crippen LogP contribution in [0.4, 0.5) is 0 Å². The van der Waals surface area contributed by atoms with Gasteiger partial charge in [0.1, 0.15) is 16.8 Å². The lowest BCUT2D eigenvalue weighted by molar-refractivity contribution is 0.0525. The molecule has 22 heavy (non-hydrogen) atoms. The van der Waals surface area contributed by atoms with Crippen molar-refractivity contribution in [1.29, 1.82) is 0 Å². The van der Waals surface area contributed by atoms with Gasteiger partial charge in [0.2, 0.25) is 0 Å². The van der Waals surface area contributed by atoms with Gasteiger partial charge in [0.15, 0.2) is 0 Å². The average molecular weight is 317 g/mol. The van der Waals surface area contributed by atoms with E-state index in [0.29, 0.717) is 10.2 Å². The Kier molecular flexibility index (Phi) is 3.42. The highest BCUT2D eigenvalue weighted by Crippen LogP contribution is 2.23. The molecule has 0 aliphatic heterocycles. The molecule has 2 aromatic heterocycles. The first-order chi connectivity index (χ1) is 10.5. The molecule has 0 atom stereocenters. The van der Waals surface area contributed by atoms with Gasteiger partial charge < -0.3 is 9.84 Å². The summed E-state index contributed by atoms with van der Waals surface area (Å²) in [5.74, 6) is -1.39. The van der Waals surface area contributed by atoms with E-state index in [-0.39, 0.29) is 17.7 Å². The molecule has 2 heterocycles. The number of fused-ring (bicyclic) bond motifs is 3. The number of benzene rings is 1. The van der Waals surface area contributed by atoms with Gasteiger partial charge in [-0.2, -0.15) is 0 Å². The largest absolute Gasteiger partial charge is 0.507 e. The number of ether oxygens (including phenoxy) is 1. The zero-order valence-corrected chi connectivity index (χ0v) is 12.3. The molecule has 3 aromatic rings. The second-order valence-corrected chi connectivity index (χ2v) is 5.52. The molecule has 1 aromatic carbocycles. The Hall–Kier alpha value is -2.67. The third-order valence-electron chi connectivity index (χ3n) is 3.18. The summed E-state index contributed by atoms with van der Waals surface area (Å²) in [7, 11) is 0. The van der Waals surface area contributed by atoms with E-state index in [2.05, 4.69) is 0 Å². The minimum absolute atomic E-state index is 0.0920. The minimum Gasteiger partial charge on any atom is -0.507 e. The highest BCUT2D eigenvalue weighted by atomic mass is 32.1. The fraction of sp³-hybridized carbons (Fsp3) is 0.133. The molecule has 0 unspecified atom stereocenters. The van der Waals surface area contributed by atoms with E-state index in [9.17, 15) is 19.5 Å². The highest BCUT2D eigenvalue weighted by molar-refractivity contribution is 7.16. The summed E-state index contributed by atoms with van der Waals surface area (Å²) in [6.07, 6.45) is 0. The summed E-state index contributed by atoms with van der Waals surface area (Å²) >= 11 is 0.904.